The van der Waals surface area contributed by atoms with E-state index in [-0.39, 0.29) is 48.1 Å². The Morgan fingerprint density at radius 1 is 1.17 bits per heavy atom. The molecule has 13 nitrogen and oxygen atoms in total. The minimum Gasteiger partial charge on any atom is -0.477 e. The fourth-order valence-corrected chi connectivity index (χ4v) is 5.64. The van der Waals surface area contributed by atoms with Crippen molar-refractivity contribution < 1.29 is 27.8 Å². The summed E-state index contributed by atoms with van der Waals surface area (Å²) in [6.45, 7) is 3.93. The topological polar surface area (TPSA) is 147 Å². The summed E-state index contributed by atoms with van der Waals surface area (Å²) in [5.41, 5.74) is 0.226. The van der Waals surface area contributed by atoms with Gasteiger partial charge in [0.1, 0.15) is 18.0 Å². The maximum atomic E-state index is 15.0. The Morgan fingerprint density at radius 3 is 2.71 bits per heavy atom. The van der Waals surface area contributed by atoms with Gasteiger partial charge in [0.05, 0.1) is 19.0 Å². The van der Waals surface area contributed by atoms with Crippen LogP contribution in [0.25, 0.3) is 0 Å². The van der Waals surface area contributed by atoms with E-state index in [1.807, 2.05) is 0 Å². The van der Waals surface area contributed by atoms with E-state index >= 15 is 0 Å². The molecule has 222 valence electrons. The molecule has 15 heteroatoms. The molecule has 2 aromatic heterocycles. The van der Waals surface area contributed by atoms with Crippen LogP contribution in [0.2, 0.25) is 0 Å². The minimum absolute atomic E-state index is 0.0323. The number of carbonyl (C=O) groups excluding carboxylic acids is 2. The molecule has 2 saturated heterocycles. The summed E-state index contributed by atoms with van der Waals surface area (Å²) in [7, 11) is 1.29. The number of hydrogen-bond acceptors (Lipinski definition) is 10. The van der Waals surface area contributed by atoms with E-state index in [1.54, 1.807) is 11.8 Å². The van der Waals surface area contributed by atoms with Gasteiger partial charge in [0.25, 0.3) is 5.92 Å². The van der Waals surface area contributed by atoms with E-state index in [2.05, 4.69) is 35.9 Å². The third kappa shape index (κ3) is 6.72. The normalized spacial score (nSPS) is 25.1. The summed E-state index contributed by atoms with van der Waals surface area (Å²) in [6, 6.07) is -0.737. The number of amides is 3. The Kier molecular flexibility index (Phi) is 8.33. The number of nitrogens with one attached hydrogen (secondary N) is 3. The summed E-state index contributed by atoms with van der Waals surface area (Å²) in [5, 5.41) is 8.51. The quantitative estimate of drug-likeness (QED) is 0.450. The molecular weight excluding hydrogens is 540 g/mol. The van der Waals surface area contributed by atoms with Crippen molar-refractivity contribution in [3.8, 4) is 5.88 Å². The van der Waals surface area contributed by atoms with Crippen molar-refractivity contribution in [3.63, 3.8) is 0 Å². The van der Waals surface area contributed by atoms with Crippen LogP contribution in [0.3, 0.4) is 0 Å². The monoisotopic (exact) mass is 575 g/mol. The van der Waals surface area contributed by atoms with Crippen LogP contribution in [0.1, 0.15) is 39.0 Å². The number of anilines is 3. The number of alkyl halides is 2. The van der Waals surface area contributed by atoms with Crippen molar-refractivity contribution in [3.05, 3.63) is 24.7 Å². The largest absolute Gasteiger partial charge is 0.477 e. The average molecular weight is 576 g/mol. The number of nitrogens with zero attached hydrogens (tertiary/aromatic N) is 6. The molecule has 0 bridgehead atoms. The van der Waals surface area contributed by atoms with Gasteiger partial charge < -0.3 is 24.6 Å². The number of piperidine rings is 2. The molecule has 0 unspecified atom stereocenters. The van der Waals surface area contributed by atoms with Gasteiger partial charge in [-0.05, 0) is 50.6 Å². The lowest BCUT2D eigenvalue weighted by Crippen LogP contribution is -2.60. The number of halogens is 2. The summed E-state index contributed by atoms with van der Waals surface area (Å²) < 4.78 is 40.7. The van der Waals surface area contributed by atoms with Crippen molar-refractivity contribution in [2.45, 2.75) is 57.1 Å². The van der Waals surface area contributed by atoms with Crippen LogP contribution >= 0.6 is 0 Å². The van der Waals surface area contributed by atoms with E-state index in [1.165, 1.54) is 31.7 Å². The third-order valence-corrected chi connectivity index (χ3v) is 7.85. The Morgan fingerprint density at radius 2 is 2.00 bits per heavy atom. The van der Waals surface area contributed by atoms with Crippen molar-refractivity contribution in [2.75, 3.05) is 55.4 Å². The first-order valence-corrected chi connectivity index (χ1v) is 13.8. The first kappa shape index (κ1) is 28.6. The standard InChI is InChI=1S/C26H35F2N9O4/c1-3-40-21-14-31-20(13-32-21)34-23(38)36(2)18-15-37(10-7-26(18,27)28)22-30-9-5-19(33-22)35-24(39)41-17-11-25(12-17)6-4-8-29-16-25/h5,9,13-14,17-18,29H,3-4,6-8,10-12,15-16H2,1-2H3,(H,31,34,38)(H,30,33,35,39)/t17?,18-,25?/m0/s1. The van der Waals surface area contributed by atoms with E-state index in [0.717, 1.165) is 43.7 Å². The molecule has 41 heavy (non-hydrogen) atoms. The molecule has 5 rings (SSSR count). The van der Waals surface area contributed by atoms with E-state index in [4.69, 9.17) is 9.47 Å². The van der Waals surface area contributed by atoms with Gasteiger partial charge in [-0.1, -0.05) is 0 Å². The van der Waals surface area contributed by atoms with Crippen LogP contribution in [0.5, 0.6) is 5.88 Å². The van der Waals surface area contributed by atoms with Gasteiger partial charge in [0, 0.05) is 39.3 Å². The van der Waals surface area contributed by atoms with Crippen LogP contribution in [0.15, 0.2) is 24.7 Å². The molecule has 2 aromatic rings. The maximum absolute atomic E-state index is 15.0. The molecule has 3 amide bonds. The Balaban J connectivity index is 1.17. The summed E-state index contributed by atoms with van der Waals surface area (Å²) in [5.74, 6) is -2.41. The number of carbonyl (C=O) groups is 2. The zero-order valence-corrected chi connectivity index (χ0v) is 23.1. The fourth-order valence-electron chi connectivity index (χ4n) is 5.64. The fraction of sp³-hybridized carbons (Fsp3) is 0.615. The number of rotatable bonds is 7. The molecule has 1 spiro atoms. The highest BCUT2D eigenvalue weighted by Gasteiger charge is 2.48. The molecule has 0 radical (unpaired) electrons. The summed E-state index contributed by atoms with van der Waals surface area (Å²) >= 11 is 0. The van der Waals surface area contributed by atoms with Crippen LogP contribution in [0.4, 0.5) is 36.0 Å². The van der Waals surface area contributed by atoms with Crippen molar-refractivity contribution in [1.29, 1.82) is 0 Å². The Bertz CT molecular complexity index is 1220. The first-order valence-electron chi connectivity index (χ1n) is 13.8. The summed E-state index contributed by atoms with van der Waals surface area (Å²) in [6.07, 6.45) is 6.72. The van der Waals surface area contributed by atoms with Crippen LogP contribution in [0, 0.1) is 5.41 Å². The molecule has 4 heterocycles. The highest BCUT2D eigenvalue weighted by molar-refractivity contribution is 5.88. The molecule has 1 aliphatic carbocycles. The highest BCUT2D eigenvalue weighted by Crippen LogP contribution is 2.47. The van der Waals surface area contributed by atoms with Crippen molar-refractivity contribution in [1.82, 2.24) is 30.2 Å². The van der Waals surface area contributed by atoms with Gasteiger partial charge >= 0.3 is 12.1 Å². The number of aromatic nitrogens is 4. The predicted octanol–water partition coefficient (Wildman–Crippen LogP) is 3.12. The number of ether oxygens (including phenoxy) is 2. The predicted molar refractivity (Wildman–Crippen MR) is 145 cm³/mol. The van der Waals surface area contributed by atoms with Gasteiger partial charge in [-0.25, -0.2) is 33.3 Å². The van der Waals surface area contributed by atoms with Gasteiger partial charge in [0.15, 0.2) is 5.82 Å². The Labute approximate surface area is 236 Å². The second kappa shape index (κ2) is 11.9. The highest BCUT2D eigenvalue weighted by atomic mass is 19.3. The molecular formula is C26H35F2N9O4. The second-order valence-electron chi connectivity index (χ2n) is 10.8. The van der Waals surface area contributed by atoms with Gasteiger partial charge in [-0.15, -0.1) is 0 Å². The molecule has 0 aromatic carbocycles. The summed E-state index contributed by atoms with van der Waals surface area (Å²) in [4.78, 5) is 44.4. The SMILES string of the molecule is CCOc1cnc(NC(=O)N(C)[C@H]2CN(c3nccc(NC(=O)OC4CC5(CCCNC5)C4)n3)CCC2(F)F)cn1. The third-order valence-electron chi connectivity index (χ3n) is 7.85. The molecule has 3 N–H and O–H groups in total. The van der Waals surface area contributed by atoms with Gasteiger partial charge in [0.2, 0.25) is 11.8 Å². The number of hydrogen-bond donors (Lipinski definition) is 3. The minimum atomic E-state index is -3.15. The van der Waals surface area contributed by atoms with E-state index < -0.39 is 30.5 Å². The van der Waals surface area contributed by atoms with Crippen molar-refractivity contribution in [2.24, 2.45) is 5.41 Å². The van der Waals surface area contributed by atoms with E-state index in [9.17, 15) is 18.4 Å². The number of likely N-dealkylation sites (N-methyl/N-ethyl adjacent to an activating group) is 1. The molecule has 1 atom stereocenters. The van der Waals surface area contributed by atoms with Crippen molar-refractivity contribution >= 4 is 29.7 Å². The van der Waals surface area contributed by atoms with E-state index in [0.29, 0.717) is 6.61 Å². The average Bonchev–Trinajstić information content (AvgIpc) is 2.93. The lowest BCUT2D eigenvalue weighted by molar-refractivity contribution is -0.0760. The van der Waals surface area contributed by atoms with Crippen LogP contribution in [-0.4, -0.2) is 94.9 Å². The molecule has 3 fully saturated rings. The first-order chi connectivity index (χ1) is 19.7. The number of urea groups is 1. The lowest BCUT2D eigenvalue weighted by atomic mass is 9.63. The van der Waals surface area contributed by atoms with Crippen LogP contribution < -0.4 is 25.6 Å². The second-order valence-corrected chi connectivity index (χ2v) is 10.8. The Hall–Kier alpha value is -3.88. The zero-order chi connectivity index (χ0) is 29.0. The molecule has 1 saturated carbocycles. The smallest absolute Gasteiger partial charge is 0.413 e. The zero-order valence-electron chi connectivity index (χ0n) is 23.1. The maximum Gasteiger partial charge on any atom is 0.413 e. The molecule has 3 aliphatic rings. The van der Waals surface area contributed by atoms with Gasteiger partial charge in [-0.2, -0.15) is 4.98 Å². The molecule has 2 aliphatic heterocycles. The van der Waals surface area contributed by atoms with Gasteiger partial charge in [-0.3, -0.25) is 10.6 Å². The van der Waals surface area contributed by atoms with Crippen LogP contribution in [-0.2, 0) is 4.74 Å². The lowest BCUT2D eigenvalue weighted by Gasteiger charge is -2.49.